The molecular weight excluding hydrogens is 577 g/mol. The van der Waals surface area contributed by atoms with E-state index in [0.29, 0.717) is 50.5 Å². The first-order valence-electron chi connectivity index (χ1n) is 13.9. The minimum Gasteiger partial charge on any atom is -0.385 e. The van der Waals surface area contributed by atoms with Crippen molar-refractivity contribution >= 4 is 40.0 Å². The Morgan fingerprint density at radius 1 is 0.932 bits per heavy atom. The number of ether oxygens (including phenoxy) is 2. The summed E-state index contributed by atoms with van der Waals surface area (Å²) in [6.07, 6.45) is -0.0884. The molecule has 10 nitrogen and oxygen atoms in total. The van der Waals surface area contributed by atoms with Crippen molar-refractivity contribution in [2.75, 3.05) is 43.1 Å². The minimum atomic E-state index is -5.24. The molecule has 3 aromatic heterocycles. The number of anilines is 2. The lowest BCUT2D eigenvalue weighted by molar-refractivity contribution is -0.201. The van der Waals surface area contributed by atoms with E-state index in [9.17, 15) is 22.8 Å². The van der Waals surface area contributed by atoms with Gasteiger partial charge in [-0.15, -0.1) is 0 Å². The highest BCUT2D eigenvalue weighted by Crippen LogP contribution is 2.28. The van der Waals surface area contributed by atoms with E-state index in [4.69, 9.17) is 19.7 Å². The number of alkyl halides is 3. The van der Waals surface area contributed by atoms with Crippen LogP contribution >= 0.6 is 0 Å². The third-order valence-corrected chi connectivity index (χ3v) is 7.18. The molecule has 44 heavy (non-hydrogen) atoms. The van der Waals surface area contributed by atoms with E-state index in [-0.39, 0.29) is 0 Å². The summed E-state index contributed by atoms with van der Waals surface area (Å²) in [5, 5.41) is 3.75. The number of imidazole rings is 1. The first-order chi connectivity index (χ1) is 21.2. The van der Waals surface area contributed by atoms with E-state index < -0.39 is 24.7 Å². The number of rotatable bonds is 8. The zero-order valence-electron chi connectivity index (χ0n) is 23.4. The molecule has 0 aliphatic carbocycles. The molecule has 226 valence electrons. The zero-order chi connectivity index (χ0) is 30.7. The molecule has 0 amide bonds. The fraction of sp³-hybridized carbons (Fsp3) is 0.258. The van der Waals surface area contributed by atoms with Crippen LogP contribution < -0.4 is 10.2 Å². The standard InChI is InChI=1S/C31H27F3N6O4/c32-31(33,34)30(42)44-27(41)18-35-22-8-6-21(7-9-22)26-17-36-28(39-13-15-43-16-14-39)29-38-24(19-40(26)29)12-11-23-10-5-20-3-1-2-4-25(20)37-23/h1-10,17,19,35H,11-16,18H2. The number of halogens is 3. The van der Waals surface area contributed by atoms with Gasteiger partial charge in [-0.05, 0) is 37.1 Å². The average Bonchev–Trinajstić information content (AvgIpc) is 3.47. The van der Waals surface area contributed by atoms with E-state index in [0.717, 1.165) is 39.4 Å². The van der Waals surface area contributed by atoms with E-state index >= 15 is 0 Å². The summed E-state index contributed by atoms with van der Waals surface area (Å²) in [6.45, 7) is 1.98. The summed E-state index contributed by atoms with van der Waals surface area (Å²) in [5.74, 6) is -3.13. The number of nitrogens with one attached hydrogen (secondary N) is 1. The SMILES string of the molecule is O=C(CNc1ccc(-c2cnc(N3CCOCC3)c3nc(CCc4ccc5ccccc5n4)cn23)cc1)OC(=O)C(F)(F)F. The number of hydrogen-bond acceptors (Lipinski definition) is 9. The molecule has 2 aromatic carbocycles. The molecule has 1 fully saturated rings. The van der Waals surface area contributed by atoms with Gasteiger partial charge in [0.05, 0.1) is 36.3 Å². The summed E-state index contributed by atoms with van der Waals surface area (Å²) in [4.78, 5) is 39.2. The topological polar surface area (TPSA) is 111 Å². The van der Waals surface area contributed by atoms with Crippen molar-refractivity contribution in [3.63, 3.8) is 0 Å². The molecule has 5 aromatic rings. The van der Waals surface area contributed by atoms with Crippen LogP contribution in [0, 0.1) is 0 Å². The van der Waals surface area contributed by atoms with Gasteiger partial charge in [0.1, 0.15) is 6.54 Å². The van der Waals surface area contributed by atoms with Crippen molar-refractivity contribution < 1.29 is 32.2 Å². The van der Waals surface area contributed by atoms with Gasteiger partial charge >= 0.3 is 18.1 Å². The van der Waals surface area contributed by atoms with Gasteiger partial charge in [-0.3, -0.25) is 9.38 Å². The Labute approximate surface area is 249 Å². The molecule has 0 radical (unpaired) electrons. The van der Waals surface area contributed by atoms with Gasteiger partial charge in [0.2, 0.25) is 0 Å². The average molecular weight is 605 g/mol. The Balaban J connectivity index is 1.23. The third kappa shape index (κ3) is 6.47. The maximum atomic E-state index is 12.3. The number of para-hydroxylation sites is 1. The number of carbonyl (C=O) groups excluding carboxylic acids is 2. The molecule has 1 aliphatic rings. The Hall–Kier alpha value is -5.04. The number of aromatic nitrogens is 4. The van der Waals surface area contributed by atoms with Gasteiger partial charge in [0, 0.05) is 41.6 Å². The van der Waals surface area contributed by atoms with Crippen LogP contribution in [0.15, 0.2) is 73.1 Å². The molecule has 0 saturated carbocycles. The second-order valence-electron chi connectivity index (χ2n) is 10.2. The van der Waals surface area contributed by atoms with Crippen LogP contribution in [0.3, 0.4) is 0 Å². The van der Waals surface area contributed by atoms with Crippen LogP contribution in [0.5, 0.6) is 0 Å². The van der Waals surface area contributed by atoms with Crippen LogP contribution in [0.4, 0.5) is 24.7 Å². The molecular formula is C31H27F3N6O4. The van der Waals surface area contributed by atoms with Crippen LogP contribution in [0.25, 0.3) is 27.8 Å². The third-order valence-electron chi connectivity index (χ3n) is 7.18. The summed E-state index contributed by atoms with van der Waals surface area (Å²) in [7, 11) is 0. The summed E-state index contributed by atoms with van der Waals surface area (Å²) >= 11 is 0. The highest BCUT2D eigenvalue weighted by Gasteiger charge is 2.42. The van der Waals surface area contributed by atoms with Crippen LogP contribution in [0.2, 0.25) is 0 Å². The van der Waals surface area contributed by atoms with E-state index in [1.165, 1.54) is 0 Å². The molecule has 1 aliphatic heterocycles. The molecule has 13 heteroatoms. The van der Waals surface area contributed by atoms with Crippen molar-refractivity contribution in [1.29, 1.82) is 0 Å². The number of aryl methyl sites for hydroxylation is 2. The summed E-state index contributed by atoms with van der Waals surface area (Å²) in [6, 6.07) is 19.0. The smallest absolute Gasteiger partial charge is 0.385 e. The van der Waals surface area contributed by atoms with Gasteiger partial charge in [-0.1, -0.05) is 36.4 Å². The van der Waals surface area contributed by atoms with Crippen LogP contribution in [0.1, 0.15) is 11.4 Å². The highest BCUT2D eigenvalue weighted by atomic mass is 19.4. The molecule has 1 N–H and O–H groups in total. The van der Waals surface area contributed by atoms with Crippen molar-refractivity contribution in [2.45, 2.75) is 19.0 Å². The summed E-state index contributed by atoms with van der Waals surface area (Å²) in [5.41, 5.74) is 5.55. The van der Waals surface area contributed by atoms with Gasteiger partial charge in [0.15, 0.2) is 11.5 Å². The first-order valence-corrected chi connectivity index (χ1v) is 13.9. The maximum absolute atomic E-state index is 12.3. The molecule has 0 unspecified atom stereocenters. The van der Waals surface area contributed by atoms with Crippen molar-refractivity contribution in [1.82, 2.24) is 19.4 Å². The van der Waals surface area contributed by atoms with E-state index in [1.54, 1.807) is 30.5 Å². The summed E-state index contributed by atoms with van der Waals surface area (Å²) < 4.78 is 48.3. The second-order valence-corrected chi connectivity index (χ2v) is 10.2. The number of carbonyl (C=O) groups is 2. The lowest BCUT2D eigenvalue weighted by Crippen LogP contribution is -2.37. The monoisotopic (exact) mass is 604 g/mol. The first kappa shape index (κ1) is 29.1. The fourth-order valence-electron chi connectivity index (χ4n) is 4.98. The van der Waals surface area contributed by atoms with Gasteiger partial charge < -0.3 is 19.7 Å². The Kier molecular flexibility index (Phi) is 8.11. The molecule has 0 atom stereocenters. The molecule has 6 rings (SSSR count). The lowest BCUT2D eigenvalue weighted by Gasteiger charge is -2.28. The van der Waals surface area contributed by atoms with Crippen LogP contribution in [-0.4, -0.2) is 70.3 Å². The van der Waals surface area contributed by atoms with Crippen LogP contribution in [-0.2, 0) is 31.9 Å². The van der Waals surface area contributed by atoms with Gasteiger partial charge in [-0.25, -0.2) is 19.6 Å². The molecule has 0 bridgehead atoms. The van der Waals surface area contributed by atoms with E-state index in [2.05, 4.69) is 21.0 Å². The van der Waals surface area contributed by atoms with Gasteiger partial charge in [0.25, 0.3) is 0 Å². The Morgan fingerprint density at radius 3 is 2.45 bits per heavy atom. The molecule has 1 saturated heterocycles. The number of nitrogens with zero attached hydrogens (tertiary/aromatic N) is 5. The highest BCUT2D eigenvalue weighted by molar-refractivity contribution is 5.90. The fourth-order valence-corrected chi connectivity index (χ4v) is 4.98. The van der Waals surface area contributed by atoms with Crippen molar-refractivity contribution in [3.05, 3.63) is 84.4 Å². The number of benzene rings is 2. The zero-order valence-corrected chi connectivity index (χ0v) is 23.4. The Bertz CT molecular complexity index is 1820. The number of pyridine rings is 1. The largest absolute Gasteiger partial charge is 0.491 e. The predicted molar refractivity (Wildman–Crippen MR) is 156 cm³/mol. The quantitative estimate of drug-likeness (QED) is 0.201. The number of fused-ring (bicyclic) bond motifs is 2. The second kappa shape index (κ2) is 12.3. The minimum absolute atomic E-state index is 0.452. The number of esters is 2. The maximum Gasteiger partial charge on any atom is 0.491 e. The molecule has 4 heterocycles. The number of hydrogen-bond donors (Lipinski definition) is 1. The van der Waals surface area contributed by atoms with Crippen molar-refractivity contribution in [3.8, 4) is 11.3 Å². The Morgan fingerprint density at radius 2 is 1.68 bits per heavy atom. The predicted octanol–water partition coefficient (Wildman–Crippen LogP) is 4.61. The van der Waals surface area contributed by atoms with Gasteiger partial charge in [-0.2, -0.15) is 13.2 Å². The normalized spacial score (nSPS) is 13.8. The lowest BCUT2D eigenvalue weighted by atomic mass is 10.1. The van der Waals surface area contributed by atoms with Crippen molar-refractivity contribution in [2.24, 2.45) is 0 Å². The molecule has 0 spiro atoms. The van der Waals surface area contributed by atoms with E-state index in [1.807, 2.05) is 40.9 Å². The number of morpholine rings is 1.